The molecule has 0 spiro atoms. The number of hydrogen-bond donors (Lipinski definition) is 2. The number of aliphatic hydroxyl groups is 1. The molecular formula is C30H33N5O2. The molecule has 0 bridgehead atoms. The van der Waals surface area contributed by atoms with Gasteiger partial charge in [0.05, 0.1) is 6.10 Å². The van der Waals surface area contributed by atoms with Gasteiger partial charge in [-0.25, -0.2) is 4.98 Å². The van der Waals surface area contributed by atoms with Gasteiger partial charge in [-0.15, -0.1) is 0 Å². The fourth-order valence-corrected chi connectivity index (χ4v) is 5.67. The van der Waals surface area contributed by atoms with Gasteiger partial charge in [-0.1, -0.05) is 12.1 Å². The number of aromatic amines is 1. The highest BCUT2D eigenvalue weighted by molar-refractivity contribution is 5.99. The van der Waals surface area contributed by atoms with Crippen molar-refractivity contribution in [2.24, 2.45) is 0 Å². The summed E-state index contributed by atoms with van der Waals surface area (Å²) >= 11 is 0. The normalized spacial score (nSPS) is 16.9. The third-order valence-corrected chi connectivity index (χ3v) is 7.74. The number of rotatable bonds is 4. The first kappa shape index (κ1) is 23.7. The number of β-amino-alcohol motifs (C(OH)–C–C–N with tert-alkyl or cyclic N) is 1. The van der Waals surface area contributed by atoms with Gasteiger partial charge in [-0.3, -0.25) is 4.79 Å². The number of likely N-dealkylation sites (tertiary alicyclic amines) is 1. The molecule has 2 saturated heterocycles. The number of aromatic nitrogens is 2. The molecule has 2 aliphatic heterocycles. The van der Waals surface area contributed by atoms with Gasteiger partial charge in [0.15, 0.2) is 0 Å². The first-order valence-electron chi connectivity index (χ1n) is 13.0. The van der Waals surface area contributed by atoms with Crippen LogP contribution in [0, 0.1) is 13.8 Å². The molecule has 6 rings (SSSR count). The van der Waals surface area contributed by atoms with Crippen LogP contribution in [0.1, 0.15) is 21.5 Å². The van der Waals surface area contributed by atoms with Gasteiger partial charge in [0, 0.05) is 79.4 Å². The molecule has 2 fully saturated rings. The molecule has 1 amide bonds. The number of amides is 1. The number of aryl methyl sites for hydroxylation is 2. The van der Waals surface area contributed by atoms with E-state index in [1.54, 1.807) is 4.90 Å². The van der Waals surface area contributed by atoms with Crippen LogP contribution in [0.4, 0.5) is 5.69 Å². The predicted molar refractivity (Wildman–Crippen MR) is 148 cm³/mol. The molecule has 0 unspecified atom stereocenters. The van der Waals surface area contributed by atoms with Crippen LogP contribution in [0.3, 0.4) is 0 Å². The van der Waals surface area contributed by atoms with E-state index in [1.165, 1.54) is 16.8 Å². The number of carbonyl (C=O) groups is 1. The minimum absolute atomic E-state index is 0.0443. The number of aliphatic hydroxyl groups excluding tert-OH is 1. The SMILES string of the molecule is Cc1cc(-c2cnc3[nH]cc(-c4cccc(C(=O)N5CC(O)C5)c4)c3c2)cc(C)c1N1CCN(C)CC1. The first-order chi connectivity index (χ1) is 17.9. The Morgan fingerprint density at radius 1 is 0.973 bits per heavy atom. The molecule has 7 nitrogen and oxygen atoms in total. The summed E-state index contributed by atoms with van der Waals surface area (Å²) < 4.78 is 0. The molecular weight excluding hydrogens is 462 g/mol. The summed E-state index contributed by atoms with van der Waals surface area (Å²) in [5.41, 5.74) is 9.61. The highest BCUT2D eigenvalue weighted by atomic mass is 16.3. The van der Waals surface area contributed by atoms with Crippen LogP contribution in [0.25, 0.3) is 33.3 Å². The van der Waals surface area contributed by atoms with E-state index in [9.17, 15) is 9.90 Å². The number of hydrogen-bond acceptors (Lipinski definition) is 5. The Morgan fingerprint density at radius 2 is 1.70 bits per heavy atom. The zero-order valence-electron chi connectivity index (χ0n) is 21.7. The Kier molecular flexibility index (Phi) is 5.97. The van der Waals surface area contributed by atoms with Gasteiger partial charge in [-0.05, 0) is 73.5 Å². The lowest BCUT2D eigenvalue weighted by atomic mass is 9.97. The fourth-order valence-electron chi connectivity index (χ4n) is 5.67. The maximum absolute atomic E-state index is 12.8. The number of nitrogens with one attached hydrogen (secondary N) is 1. The van der Waals surface area contributed by atoms with Gasteiger partial charge in [0.25, 0.3) is 5.91 Å². The Bertz CT molecular complexity index is 1460. The first-order valence-corrected chi connectivity index (χ1v) is 13.0. The maximum Gasteiger partial charge on any atom is 0.254 e. The molecule has 37 heavy (non-hydrogen) atoms. The van der Waals surface area contributed by atoms with Crippen LogP contribution < -0.4 is 4.90 Å². The lowest BCUT2D eigenvalue weighted by Gasteiger charge is -2.36. The summed E-state index contributed by atoms with van der Waals surface area (Å²) in [7, 11) is 2.18. The molecule has 0 radical (unpaired) electrons. The third kappa shape index (κ3) is 4.38. The summed E-state index contributed by atoms with van der Waals surface area (Å²) in [5.74, 6) is -0.0443. The molecule has 2 N–H and O–H groups in total. The second-order valence-corrected chi connectivity index (χ2v) is 10.5. The van der Waals surface area contributed by atoms with Crippen molar-refractivity contribution in [1.82, 2.24) is 19.8 Å². The highest BCUT2D eigenvalue weighted by Crippen LogP contribution is 2.35. The summed E-state index contributed by atoms with van der Waals surface area (Å²) in [6.07, 6.45) is 3.49. The molecule has 0 atom stereocenters. The van der Waals surface area contributed by atoms with E-state index in [0.717, 1.165) is 59.5 Å². The Balaban J connectivity index is 1.33. The van der Waals surface area contributed by atoms with E-state index in [1.807, 2.05) is 36.7 Å². The second-order valence-electron chi connectivity index (χ2n) is 10.5. The van der Waals surface area contributed by atoms with Gasteiger partial charge < -0.3 is 24.8 Å². The largest absolute Gasteiger partial charge is 0.389 e. The maximum atomic E-state index is 12.8. The zero-order chi connectivity index (χ0) is 25.7. The molecule has 4 heterocycles. The molecule has 2 aromatic carbocycles. The smallest absolute Gasteiger partial charge is 0.254 e. The van der Waals surface area contributed by atoms with Crippen molar-refractivity contribution in [1.29, 1.82) is 0 Å². The van der Waals surface area contributed by atoms with Crippen LogP contribution in [0.5, 0.6) is 0 Å². The Labute approximate surface area is 217 Å². The number of benzene rings is 2. The van der Waals surface area contributed by atoms with Gasteiger partial charge in [-0.2, -0.15) is 0 Å². The van der Waals surface area contributed by atoms with Crippen molar-refractivity contribution in [2.45, 2.75) is 20.0 Å². The zero-order valence-corrected chi connectivity index (χ0v) is 21.7. The average molecular weight is 496 g/mol. The molecule has 7 heteroatoms. The number of nitrogens with zero attached hydrogens (tertiary/aromatic N) is 4. The van der Waals surface area contributed by atoms with Crippen molar-refractivity contribution in [3.63, 3.8) is 0 Å². The highest BCUT2D eigenvalue weighted by Gasteiger charge is 2.29. The second kappa shape index (κ2) is 9.32. The van der Waals surface area contributed by atoms with Crippen LogP contribution in [0.2, 0.25) is 0 Å². The number of fused-ring (bicyclic) bond motifs is 1. The van der Waals surface area contributed by atoms with Crippen molar-refractivity contribution < 1.29 is 9.90 Å². The lowest BCUT2D eigenvalue weighted by molar-refractivity contribution is 0.00590. The number of carbonyl (C=O) groups excluding carboxylic acids is 1. The summed E-state index contributed by atoms with van der Waals surface area (Å²) in [6.45, 7) is 9.49. The van der Waals surface area contributed by atoms with Crippen LogP contribution in [0.15, 0.2) is 54.9 Å². The predicted octanol–water partition coefficient (Wildman–Crippen LogP) is 4.08. The van der Waals surface area contributed by atoms with E-state index < -0.39 is 6.10 Å². The van der Waals surface area contributed by atoms with E-state index in [0.29, 0.717) is 18.7 Å². The van der Waals surface area contributed by atoms with Crippen LogP contribution >= 0.6 is 0 Å². The van der Waals surface area contributed by atoms with Crippen molar-refractivity contribution in [3.8, 4) is 22.3 Å². The molecule has 2 aromatic heterocycles. The monoisotopic (exact) mass is 495 g/mol. The van der Waals surface area contributed by atoms with E-state index in [4.69, 9.17) is 4.98 Å². The Morgan fingerprint density at radius 3 is 2.41 bits per heavy atom. The molecule has 4 aromatic rings. The average Bonchev–Trinajstić information content (AvgIpc) is 3.30. The lowest BCUT2D eigenvalue weighted by Crippen LogP contribution is -2.53. The molecule has 190 valence electrons. The number of piperazine rings is 1. The summed E-state index contributed by atoms with van der Waals surface area (Å²) in [4.78, 5) is 27.4. The number of H-pyrrole nitrogens is 1. The number of likely N-dealkylation sites (N-methyl/N-ethyl adjacent to an activating group) is 1. The minimum Gasteiger partial charge on any atom is -0.389 e. The van der Waals surface area contributed by atoms with Crippen molar-refractivity contribution in [3.05, 3.63) is 71.5 Å². The van der Waals surface area contributed by atoms with E-state index >= 15 is 0 Å². The summed E-state index contributed by atoms with van der Waals surface area (Å²) in [5, 5.41) is 10.6. The number of pyridine rings is 1. The quantitative estimate of drug-likeness (QED) is 0.446. The van der Waals surface area contributed by atoms with Crippen LogP contribution in [-0.4, -0.2) is 83.2 Å². The van der Waals surface area contributed by atoms with E-state index in [-0.39, 0.29) is 5.91 Å². The molecule has 2 aliphatic rings. The van der Waals surface area contributed by atoms with Gasteiger partial charge >= 0.3 is 0 Å². The topological polar surface area (TPSA) is 75.7 Å². The van der Waals surface area contributed by atoms with Gasteiger partial charge in [0.2, 0.25) is 0 Å². The van der Waals surface area contributed by atoms with Crippen LogP contribution in [-0.2, 0) is 0 Å². The molecule has 0 saturated carbocycles. The number of anilines is 1. The summed E-state index contributed by atoms with van der Waals surface area (Å²) in [6, 6.07) is 14.4. The molecule has 0 aliphatic carbocycles. The standard InChI is InChI=1S/C30H33N5O2/c1-19-11-23(12-20(2)28(19)34-9-7-33(3)8-10-34)24-14-26-27(16-32-29(26)31-15-24)21-5-4-6-22(13-21)30(37)35-17-25(36)18-35/h4-6,11-16,25,36H,7-10,17-18H2,1-3H3,(H,31,32). The Hall–Kier alpha value is -3.68. The minimum atomic E-state index is -0.409. The van der Waals surface area contributed by atoms with Crippen molar-refractivity contribution in [2.75, 3.05) is 51.2 Å². The van der Waals surface area contributed by atoms with E-state index in [2.05, 4.69) is 53.9 Å². The fraction of sp³-hybridized carbons (Fsp3) is 0.333. The van der Waals surface area contributed by atoms with Crippen molar-refractivity contribution >= 4 is 22.6 Å². The van der Waals surface area contributed by atoms with Gasteiger partial charge in [0.1, 0.15) is 5.65 Å². The third-order valence-electron chi connectivity index (χ3n) is 7.74.